The Kier molecular flexibility index (Phi) is 6.09. The molecule has 4 N–H and O–H groups in total. The van der Waals surface area contributed by atoms with Crippen LogP contribution in [0, 0.1) is 5.92 Å². The zero-order valence-corrected chi connectivity index (χ0v) is 14.1. The molecule has 0 aliphatic rings. The van der Waals surface area contributed by atoms with Gasteiger partial charge in [-0.1, -0.05) is 19.9 Å². The minimum Gasteiger partial charge on any atom is -0.506 e. The predicted molar refractivity (Wildman–Crippen MR) is 88.8 cm³/mol. The second-order valence-electron chi connectivity index (χ2n) is 7.07. The van der Waals surface area contributed by atoms with Crippen molar-refractivity contribution in [2.75, 3.05) is 5.73 Å². The molecule has 124 valence electrons. The first-order chi connectivity index (χ1) is 10.1. The number of alkyl carbamates (subject to hydrolysis) is 1. The molecule has 1 aromatic carbocycles. The van der Waals surface area contributed by atoms with E-state index in [1.54, 1.807) is 12.1 Å². The third-order valence-electron chi connectivity index (χ3n) is 3.05. The van der Waals surface area contributed by atoms with E-state index in [1.807, 2.05) is 26.8 Å². The number of carbonyl (C=O) groups is 1. The van der Waals surface area contributed by atoms with Crippen LogP contribution in [0.25, 0.3) is 0 Å². The highest BCUT2D eigenvalue weighted by Crippen LogP contribution is 2.22. The van der Waals surface area contributed by atoms with Crippen molar-refractivity contribution < 1.29 is 14.6 Å². The van der Waals surface area contributed by atoms with E-state index in [9.17, 15) is 9.90 Å². The fourth-order valence-electron chi connectivity index (χ4n) is 2.25. The molecule has 0 radical (unpaired) electrons. The first-order valence-corrected chi connectivity index (χ1v) is 7.63. The fourth-order valence-corrected chi connectivity index (χ4v) is 2.25. The van der Waals surface area contributed by atoms with Gasteiger partial charge in [0.15, 0.2) is 0 Å². The van der Waals surface area contributed by atoms with Crippen LogP contribution in [-0.2, 0) is 11.2 Å². The van der Waals surface area contributed by atoms with Crippen LogP contribution in [0.2, 0.25) is 0 Å². The predicted octanol–water partition coefficient (Wildman–Crippen LogP) is 3.46. The van der Waals surface area contributed by atoms with Crippen LogP contribution in [0.4, 0.5) is 10.5 Å². The SMILES string of the molecule is CC(C)C[C@H](Cc1ccc(O)c(N)c1)NC(=O)OC(C)(C)C. The second kappa shape index (κ2) is 7.38. The highest BCUT2D eigenvalue weighted by molar-refractivity contribution is 5.68. The molecule has 5 heteroatoms. The number of aromatic hydroxyl groups is 1. The van der Waals surface area contributed by atoms with Crippen molar-refractivity contribution in [3.05, 3.63) is 23.8 Å². The number of nitrogens with one attached hydrogen (secondary N) is 1. The number of phenolic OH excluding ortho intramolecular Hbond substituents is 1. The molecule has 22 heavy (non-hydrogen) atoms. The molecular weight excluding hydrogens is 280 g/mol. The monoisotopic (exact) mass is 308 g/mol. The molecule has 1 aromatic rings. The summed E-state index contributed by atoms with van der Waals surface area (Å²) >= 11 is 0. The van der Waals surface area contributed by atoms with E-state index in [4.69, 9.17) is 10.5 Å². The number of rotatable bonds is 5. The summed E-state index contributed by atoms with van der Waals surface area (Å²) in [6.07, 6.45) is 1.06. The molecule has 1 atom stereocenters. The molecular formula is C17H28N2O3. The summed E-state index contributed by atoms with van der Waals surface area (Å²) in [6, 6.07) is 5.08. The molecule has 5 nitrogen and oxygen atoms in total. The molecule has 0 unspecified atom stereocenters. The molecule has 0 aliphatic carbocycles. The summed E-state index contributed by atoms with van der Waals surface area (Å²) < 4.78 is 5.32. The lowest BCUT2D eigenvalue weighted by Gasteiger charge is -2.25. The molecule has 0 spiro atoms. The average Bonchev–Trinajstić information content (AvgIpc) is 2.30. The summed E-state index contributed by atoms with van der Waals surface area (Å²) in [5.41, 5.74) is 6.52. The molecule has 1 rings (SSSR count). The topological polar surface area (TPSA) is 84.6 Å². The van der Waals surface area contributed by atoms with Crippen molar-refractivity contribution >= 4 is 11.8 Å². The van der Waals surface area contributed by atoms with Gasteiger partial charge in [-0.15, -0.1) is 0 Å². The molecule has 0 heterocycles. The maximum atomic E-state index is 12.0. The lowest BCUT2D eigenvalue weighted by molar-refractivity contribution is 0.0498. The van der Waals surface area contributed by atoms with Crippen LogP contribution >= 0.6 is 0 Å². The van der Waals surface area contributed by atoms with Gasteiger partial charge in [0.05, 0.1) is 5.69 Å². The number of hydrogen-bond donors (Lipinski definition) is 3. The smallest absolute Gasteiger partial charge is 0.407 e. The van der Waals surface area contributed by atoms with Crippen LogP contribution in [0.15, 0.2) is 18.2 Å². The normalized spacial score (nSPS) is 13.0. The Balaban J connectivity index is 2.75. The van der Waals surface area contributed by atoms with E-state index < -0.39 is 11.7 Å². The van der Waals surface area contributed by atoms with Crippen LogP contribution in [0.5, 0.6) is 5.75 Å². The van der Waals surface area contributed by atoms with E-state index in [2.05, 4.69) is 19.2 Å². The zero-order chi connectivity index (χ0) is 16.9. The quantitative estimate of drug-likeness (QED) is 0.574. The van der Waals surface area contributed by atoms with Gasteiger partial charge in [-0.2, -0.15) is 0 Å². The molecule has 0 saturated carbocycles. The first-order valence-electron chi connectivity index (χ1n) is 7.63. The van der Waals surface area contributed by atoms with Crippen molar-refractivity contribution in [3.8, 4) is 5.75 Å². The first kappa shape index (κ1) is 18.1. The summed E-state index contributed by atoms with van der Waals surface area (Å²) in [6.45, 7) is 9.73. The maximum absolute atomic E-state index is 12.0. The van der Waals surface area contributed by atoms with Gasteiger partial charge in [0, 0.05) is 6.04 Å². The Labute approximate surface area is 132 Å². The Morgan fingerprint density at radius 2 is 2.00 bits per heavy atom. The molecule has 0 fully saturated rings. The van der Waals surface area contributed by atoms with Crippen molar-refractivity contribution in [3.63, 3.8) is 0 Å². The largest absolute Gasteiger partial charge is 0.506 e. The van der Waals surface area contributed by atoms with Gasteiger partial charge in [-0.3, -0.25) is 0 Å². The van der Waals surface area contributed by atoms with E-state index in [0.717, 1.165) is 12.0 Å². The summed E-state index contributed by atoms with van der Waals surface area (Å²) in [4.78, 5) is 12.0. The number of nitrogen functional groups attached to an aromatic ring is 1. The van der Waals surface area contributed by atoms with Gasteiger partial charge in [0.2, 0.25) is 0 Å². The number of hydrogen-bond acceptors (Lipinski definition) is 4. The lowest BCUT2D eigenvalue weighted by atomic mass is 9.97. The van der Waals surface area contributed by atoms with E-state index >= 15 is 0 Å². The highest BCUT2D eigenvalue weighted by Gasteiger charge is 2.20. The Morgan fingerprint density at radius 3 is 2.50 bits per heavy atom. The van der Waals surface area contributed by atoms with Gasteiger partial charge >= 0.3 is 6.09 Å². The number of carbonyl (C=O) groups excluding carboxylic acids is 1. The van der Waals surface area contributed by atoms with Crippen molar-refractivity contribution in [2.24, 2.45) is 5.92 Å². The Morgan fingerprint density at radius 1 is 1.36 bits per heavy atom. The molecule has 0 aromatic heterocycles. The summed E-state index contributed by atoms with van der Waals surface area (Å²) in [5.74, 6) is 0.513. The minimum absolute atomic E-state index is 0.0428. The highest BCUT2D eigenvalue weighted by atomic mass is 16.6. The molecule has 0 bridgehead atoms. The van der Waals surface area contributed by atoms with Gasteiger partial charge in [-0.25, -0.2) is 4.79 Å². The summed E-state index contributed by atoms with van der Waals surface area (Å²) in [7, 11) is 0. The van der Waals surface area contributed by atoms with E-state index in [1.165, 1.54) is 0 Å². The standard InChI is InChI=1S/C17H28N2O3/c1-11(2)8-13(19-16(21)22-17(3,4)5)9-12-6-7-15(20)14(18)10-12/h6-7,10-11,13,20H,8-9,18H2,1-5H3,(H,19,21)/t13-/m1/s1. The van der Waals surface area contributed by atoms with Crippen LogP contribution < -0.4 is 11.1 Å². The number of ether oxygens (including phenoxy) is 1. The number of amides is 1. The van der Waals surface area contributed by atoms with Crippen molar-refractivity contribution in [1.82, 2.24) is 5.32 Å². The molecule has 0 saturated heterocycles. The lowest BCUT2D eigenvalue weighted by Crippen LogP contribution is -2.40. The zero-order valence-electron chi connectivity index (χ0n) is 14.1. The number of anilines is 1. The van der Waals surface area contributed by atoms with Crippen LogP contribution in [0.3, 0.4) is 0 Å². The van der Waals surface area contributed by atoms with Crippen LogP contribution in [0.1, 0.15) is 46.6 Å². The average molecular weight is 308 g/mol. The Bertz CT molecular complexity index is 507. The third kappa shape index (κ3) is 6.70. The number of benzene rings is 1. The van der Waals surface area contributed by atoms with Gasteiger partial charge in [0.25, 0.3) is 0 Å². The fraction of sp³-hybridized carbons (Fsp3) is 0.588. The second-order valence-corrected chi connectivity index (χ2v) is 7.07. The number of nitrogens with two attached hydrogens (primary N) is 1. The summed E-state index contributed by atoms with van der Waals surface area (Å²) in [5, 5.41) is 12.4. The van der Waals surface area contributed by atoms with Crippen molar-refractivity contribution in [1.29, 1.82) is 0 Å². The van der Waals surface area contributed by atoms with E-state index in [0.29, 0.717) is 18.0 Å². The molecule has 0 aliphatic heterocycles. The number of phenols is 1. The maximum Gasteiger partial charge on any atom is 0.407 e. The van der Waals surface area contributed by atoms with Crippen molar-refractivity contribution in [2.45, 2.75) is 59.1 Å². The Hall–Kier alpha value is -1.91. The van der Waals surface area contributed by atoms with Crippen LogP contribution in [-0.4, -0.2) is 22.8 Å². The van der Waals surface area contributed by atoms with E-state index in [-0.39, 0.29) is 11.8 Å². The van der Waals surface area contributed by atoms with Gasteiger partial charge in [0.1, 0.15) is 11.4 Å². The minimum atomic E-state index is -0.518. The molecule has 1 amide bonds. The van der Waals surface area contributed by atoms with Gasteiger partial charge < -0.3 is 20.9 Å². The third-order valence-corrected chi connectivity index (χ3v) is 3.05. The van der Waals surface area contributed by atoms with Gasteiger partial charge in [-0.05, 0) is 57.2 Å².